The molecule has 11 heteroatoms. The molecular formula is C16H18N6O5. The van der Waals surface area contributed by atoms with Crippen molar-refractivity contribution < 1.29 is 19.4 Å². The Bertz CT molecular complexity index is 984. The normalized spacial score (nSPS) is 12.1. The van der Waals surface area contributed by atoms with Gasteiger partial charge in [0.2, 0.25) is 11.7 Å². The van der Waals surface area contributed by atoms with Gasteiger partial charge in [-0.2, -0.15) is 10.4 Å². The molecule has 2 aromatic heterocycles. The van der Waals surface area contributed by atoms with Crippen molar-refractivity contribution in [3.8, 4) is 11.9 Å². The van der Waals surface area contributed by atoms with Crippen LogP contribution >= 0.6 is 0 Å². The molecule has 0 amide bonds. The van der Waals surface area contributed by atoms with E-state index in [-0.39, 0.29) is 34.8 Å². The minimum absolute atomic E-state index is 0.0526. The number of nitriles is 1. The van der Waals surface area contributed by atoms with Crippen LogP contribution in [0, 0.1) is 18.3 Å². The zero-order chi connectivity index (χ0) is 20.1. The summed E-state index contributed by atoms with van der Waals surface area (Å²) >= 11 is 0. The number of rotatable bonds is 6. The number of hydrogen-bond acceptors (Lipinski definition) is 9. The first-order chi connectivity index (χ1) is 12.9. The van der Waals surface area contributed by atoms with Gasteiger partial charge in [-0.1, -0.05) is 0 Å². The molecule has 0 spiro atoms. The van der Waals surface area contributed by atoms with Crippen molar-refractivity contribution in [3.05, 3.63) is 33.2 Å². The standard InChI is InChI=1S/C16H18N6O5/c1-5-27-16(25)11-7-18-20-13(11)21-19-12-8(2)10(6-17)14(23)22(15(12)24)9(3)26-4/h7,9,24H,5H2,1-4H3,(H,18,20). The summed E-state index contributed by atoms with van der Waals surface area (Å²) in [6.45, 7) is 4.80. The Morgan fingerprint density at radius 3 is 2.81 bits per heavy atom. The summed E-state index contributed by atoms with van der Waals surface area (Å²) in [4.78, 5) is 24.3. The maximum absolute atomic E-state index is 12.4. The van der Waals surface area contributed by atoms with Crippen LogP contribution in [0.1, 0.15) is 41.6 Å². The van der Waals surface area contributed by atoms with E-state index in [1.54, 1.807) is 13.0 Å². The van der Waals surface area contributed by atoms with Crippen LogP contribution in [0.3, 0.4) is 0 Å². The maximum atomic E-state index is 12.4. The molecule has 27 heavy (non-hydrogen) atoms. The lowest BCUT2D eigenvalue weighted by atomic mass is 10.1. The summed E-state index contributed by atoms with van der Waals surface area (Å²) in [5, 5.41) is 33.8. The van der Waals surface area contributed by atoms with Crippen LogP contribution in [0.15, 0.2) is 21.2 Å². The number of methoxy groups -OCH3 is 1. The molecule has 0 fully saturated rings. The summed E-state index contributed by atoms with van der Waals surface area (Å²) in [6, 6.07) is 1.79. The first-order valence-corrected chi connectivity index (χ1v) is 7.90. The summed E-state index contributed by atoms with van der Waals surface area (Å²) in [5.41, 5.74) is -0.854. The van der Waals surface area contributed by atoms with Gasteiger partial charge in [-0.25, -0.2) is 9.36 Å². The second-order valence-corrected chi connectivity index (χ2v) is 5.34. The minimum atomic E-state index is -0.848. The highest BCUT2D eigenvalue weighted by Crippen LogP contribution is 2.34. The largest absolute Gasteiger partial charge is 0.493 e. The van der Waals surface area contributed by atoms with Crippen LogP contribution in [0.25, 0.3) is 0 Å². The second-order valence-electron chi connectivity index (χ2n) is 5.34. The summed E-state index contributed by atoms with van der Waals surface area (Å²) in [5.74, 6) is -1.23. The van der Waals surface area contributed by atoms with Gasteiger partial charge >= 0.3 is 5.97 Å². The van der Waals surface area contributed by atoms with E-state index in [9.17, 15) is 20.0 Å². The second kappa shape index (κ2) is 8.24. The fourth-order valence-electron chi connectivity index (χ4n) is 2.29. The van der Waals surface area contributed by atoms with Crippen LogP contribution in [-0.2, 0) is 9.47 Å². The quantitative estimate of drug-likeness (QED) is 0.580. The van der Waals surface area contributed by atoms with E-state index in [1.807, 2.05) is 0 Å². The van der Waals surface area contributed by atoms with Gasteiger partial charge in [-0.15, -0.1) is 10.2 Å². The van der Waals surface area contributed by atoms with E-state index in [0.717, 1.165) is 4.57 Å². The molecule has 1 unspecified atom stereocenters. The Morgan fingerprint density at radius 2 is 2.22 bits per heavy atom. The van der Waals surface area contributed by atoms with Crippen LogP contribution < -0.4 is 5.56 Å². The van der Waals surface area contributed by atoms with Gasteiger partial charge in [0, 0.05) is 18.9 Å². The molecule has 1 atom stereocenters. The number of nitrogens with one attached hydrogen (secondary N) is 1. The molecule has 2 aromatic rings. The van der Waals surface area contributed by atoms with Crippen molar-refractivity contribution in [2.75, 3.05) is 13.7 Å². The van der Waals surface area contributed by atoms with Crippen LogP contribution in [0.4, 0.5) is 11.5 Å². The lowest BCUT2D eigenvalue weighted by Crippen LogP contribution is -2.27. The average molecular weight is 374 g/mol. The Kier molecular flexibility index (Phi) is 6.04. The van der Waals surface area contributed by atoms with E-state index in [2.05, 4.69) is 20.4 Å². The summed E-state index contributed by atoms with van der Waals surface area (Å²) in [6.07, 6.45) is 0.452. The highest BCUT2D eigenvalue weighted by atomic mass is 16.5. The number of azo groups is 1. The SMILES string of the molecule is CCOC(=O)c1c[nH]nc1N=Nc1c(C)c(C#N)c(=O)n(C(C)OC)c1O. The number of aromatic amines is 1. The lowest BCUT2D eigenvalue weighted by molar-refractivity contribution is 0.0510. The van der Waals surface area contributed by atoms with E-state index in [1.165, 1.54) is 27.2 Å². The minimum Gasteiger partial charge on any atom is -0.493 e. The van der Waals surface area contributed by atoms with Crippen LogP contribution in [0.5, 0.6) is 5.88 Å². The lowest BCUT2D eigenvalue weighted by Gasteiger charge is -2.17. The number of H-pyrrole nitrogens is 1. The van der Waals surface area contributed by atoms with Gasteiger partial charge in [0.05, 0.1) is 6.61 Å². The highest BCUT2D eigenvalue weighted by molar-refractivity contribution is 5.93. The number of ether oxygens (including phenoxy) is 2. The summed E-state index contributed by atoms with van der Waals surface area (Å²) in [7, 11) is 1.35. The van der Waals surface area contributed by atoms with E-state index in [0.29, 0.717) is 0 Å². The Hall–Kier alpha value is -3.52. The van der Waals surface area contributed by atoms with Gasteiger partial charge in [-0.3, -0.25) is 9.89 Å². The number of carbonyl (C=O) groups is 1. The number of nitrogens with zero attached hydrogens (tertiary/aromatic N) is 5. The first kappa shape index (κ1) is 19.8. The Labute approximate surface area is 153 Å². The molecule has 0 saturated carbocycles. The zero-order valence-electron chi connectivity index (χ0n) is 15.2. The van der Waals surface area contributed by atoms with Crippen molar-refractivity contribution in [2.24, 2.45) is 10.2 Å². The fourth-order valence-corrected chi connectivity index (χ4v) is 2.29. The summed E-state index contributed by atoms with van der Waals surface area (Å²) < 4.78 is 10.8. The van der Waals surface area contributed by atoms with Crippen molar-refractivity contribution in [2.45, 2.75) is 27.0 Å². The molecule has 0 aliphatic heterocycles. The van der Waals surface area contributed by atoms with Gasteiger partial charge in [0.25, 0.3) is 5.56 Å². The van der Waals surface area contributed by atoms with E-state index < -0.39 is 23.6 Å². The molecule has 0 bridgehead atoms. The molecule has 11 nitrogen and oxygen atoms in total. The van der Waals surface area contributed by atoms with Gasteiger partial charge in [0.15, 0.2) is 5.69 Å². The first-order valence-electron chi connectivity index (χ1n) is 7.90. The molecule has 142 valence electrons. The number of hydrogen-bond donors (Lipinski definition) is 2. The number of esters is 1. The third-order valence-corrected chi connectivity index (χ3v) is 3.78. The predicted octanol–water partition coefficient (Wildman–Crippen LogP) is 2.21. The smallest absolute Gasteiger partial charge is 0.343 e. The monoisotopic (exact) mass is 374 g/mol. The van der Waals surface area contributed by atoms with Crippen molar-refractivity contribution in [1.29, 1.82) is 5.26 Å². The number of aromatic nitrogens is 3. The third kappa shape index (κ3) is 3.70. The molecule has 0 aromatic carbocycles. The van der Waals surface area contributed by atoms with Gasteiger partial charge in [0.1, 0.15) is 23.4 Å². The number of carbonyl (C=O) groups excluding carboxylic acids is 1. The zero-order valence-corrected chi connectivity index (χ0v) is 15.2. The fraction of sp³-hybridized carbons (Fsp3) is 0.375. The van der Waals surface area contributed by atoms with Crippen molar-refractivity contribution >= 4 is 17.5 Å². The van der Waals surface area contributed by atoms with Crippen LogP contribution in [-0.4, -0.2) is 39.6 Å². The van der Waals surface area contributed by atoms with Crippen molar-refractivity contribution in [1.82, 2.24) is 14.8 Å². The topological polar surface area (TPSA) is 155 Å². The molecule has 0 aliphatic carbocycles. The highest BCUT2D eigenvalue weighted by Gasteiger charge is 2.23. The van der Waals surface area contributed by atoms with Gasteiger partial charge < -0.3 is 14.6 Å². The molecule has 2 N–H and O–H groups in total. The van der Waals surface area contributed by atoms with Crippen molar-refractivity contribution in [3.63, 3.8) is 0 Å². The maximum Gasteiger partial charge on any atom is 0.343 e. The molecular weight excluding hydrogens is 356 g/mol. The molecule has 2 rings (SSSR count). The predicted molar refractivity (Wildman–Crippen MR) is 92.3 cm³/mol. The van der Waals surface area contributed by atoms with E-state index in [4.69, 9.17) is 9.47 Å². The number of pyridine rings is 1. The van der Waals surface area contributed by atoms with Gasteiger partial charge in [-0.05, 0) is 20.8 Å². The molecule has 2 heterocycles. The molecule has 0 radical (unpaired) electrons. The van der Waals surface area contributed by atoms with E-state index >= 15 is 0 Å². The Morgan fingerprint density at radius 1 is 1.52 bits per heavy atom. The third-order valence-electron chi connectivity index (χ3n) is 3.78. The molecule has 0 aliphatic rings. The molecule has 0 saturated heterocycles. The number of aromatic hydroxyl groups is 1. The average Bonchev–Trinajstić information content (AvgIpc) is 3.10. The Balaban J connectivity index is 2.59. The van der Waals surface area contributed by atoms with Crippen LogP contribution in [0.2, 0.25) is 0 Å².